The predicted molar refractivity (Wildman–Crippen MR) is 103 cm³/mol. The van der Waals surface area contributed by atoms with Crippen LogP contribution in [0.5, 0.6) is 0 Å². The number of benzene rings is 2. The fraction of sp³-hybridized carbons (Fsp3) is 0.125. The van der Waals surface area contributed by atoms with E-state index in [0.29, 0.717) is 26.6 Å². The quantitative estimate of drug-likeness (QED) is 0.381. The fourth-order valence-electron chi connectivity index (χ4n) is 2.23. The van der Waals surface area contributed by atoms with Crippen molar-refractivity contribution in [2.75, 3.05) is 11.8 Å². The Morgan fingerprint density at radius 1 is 1.11 bits per heavy atom. The highest BCUT2D eigenvalue weighted by Crippen LogP contribution is 2.45. The van der Waals surface area contributed by atoms with Gasteiger partial charge in [-0.2, -0.15) is 13.8 Å². The largest absolute Gasteiger partial charge is 0.400 e. The molecule has 5 nitrogen and oxygen atoms in total. The zero-order valence-corrected chi connectivity index (χ0v) is 16.8. The van der Waals surface area contributed by atoms with Crippen LogP contribution >= 0.6 is 42.1 Å². The maximum absolute atomic E-state index is 13.1. The molecule has 0 radical (unpaired) electrons. The van der Waals surface area contributed by atoms with Crippen molar-refractivity contribution in [2.45, 2.75) is 5.38 Å². The van der Waals surface area contributed by atoms with Gasteiger partial charge in [0.05, 0.1) is 15.7 Å². The first-order valence-corrected chi connectivity index (χ1v) is 10.7. The summed E-state index contributed by atoms with van der Waals surface area (Å²) in [4.78, 5) is 3.56. The second kappa shape index (κ2) is 7.40. The maximum atomic E-state index is 13.1. The van der Waals surface area contributed by atoms with Gasteiger partial charge in [0.2, 0.25) is 5.82 Å². The summed E-state index contributed by atoms with van der Waals surface area (Å²) in [6.07, 6.45) is 0. The minimum atomic E-state index is -3.75. The molecule has 142 valence electrons. The minimum absolute atomic E-state index is 0.0649. The van der Waals surface area contributed by atoms with E-state index in [2.05, 4.69) is 19.8 Å². The van der Waals surface area contributed by atoms with Gasteiger partial charge in [0.1, 0.15) is 0 Å². The lowest BCUT2D eigenvalue weighted by molar-refractivity contribution is 0.0551. The molecule has 27 heavy (non-hydrogen) atoms. The smallest absolute Gasteiger partial charge is 0.331 e. The van der Waals surface area contributed by atoms with Crippen LogP contribution in [0.15, 0.2) is 47.0 Å². The zero-order chi connectivity index (χ0) is 19.8. The molecular weight excluding hydrogens is 442 g/mol. The molecule has 0 aliphatic heterocycles. The van der Waals surface area contributed by atoms with Gasteiger partial charge in [0, 0.05) is 17.5 Å². The molecule has 0 saturated heterocycles. The van der Waals surface area contributed by atoms with Crippen LogP contribution in [-0.2, 0) is 9.95 Å². The monoisotopic (exact) mass is 451 g/mol. The Labute approximate surface area is 168 Å². The molecular formula is C16H11Cl3F2N3O2P. The number of nitrogens with one attached hydrogen (secondary N) is 1. The number of para-hydroxylation sites is 1. The molecule has 0 aliphatic rings. The predicted octanol–water partition coefficient (Wildman–Crippen LogP) is 5.98. The number of aromatic nitrogens is 2. The van der Waals surface area contributed by atoms with Crippen molar-refractivity contribution < 1.29 is 17.9 Å². The third-order valence-corrected chi connectivity index (χ3v) is 6.30. The molecule has 2 aromatic carbocycles. The number of rotatable bonds is 5. The van der Waals surface area contributed by atoms with Crippen LogP contribution in [-0.4, -0.2) is 16.8 Å². The Hall–Kier alpha value is -1.66. The summed E-state index contributed by atoms with van der Waals surface area (Å²) in [5, 5.41) is 3.74. The molecule has 1 unspecified atom stereocenters. The van der Waals surface area contributed by atoms with Crippen LogP contribution in [0, 0.1) is 0 Å². The molecule has 0 saturated carbocycles. The van der Waals surface area contributed by atoms with Crippen LogP contribution in [0.3, 0.4) is 0 Å². The molecule has 11 heteroatoms. The summed E-state index contributed by atoms with van der Waals surface area (Å²) in [7, 11) is -3.08. The van der Waals surface area contributed by atoms with Gasteiger partial charge in [0.25, 0.3) is 0 Å². The summed E-state index contributed by atoms with van der Waals surface area (Å²) in [6, 6.07) is 11.1. The van der Waals surface area contributed by atoms with Crippen LogP contribution < -0.4 is 10.4 Å². The third-order valence-electron chi connectivity index (χ3n) is 3.57. The molecule has 0 amide bonds. The van der Waals surface area contributed by atoms with E-state index in [1.54, 1.807) is 30.3 Å². The van der Waals surface area contributed by atoms with E-state index in [1.165, 1.54) is 18.8 Å². The van der Waals surface area contributed by atoms with Crippen molar-refractivity contribution in [2.24, 2.45) is 0 Å². The van der Waals surface area contributed by atoms with Crippen molar-refractivity contribution in [1.29, 1.82) is 0 Å². The molecule has 1 N–H and O–H groups in total. The topological polar surface area (TPSA) is 68.0 Å². The molecule has 3 rings (SSSR count). The third kappa shape index (κ3) is 4.43. The second-order valence-corrected chi connectivity index (χ2v) is 9.48. The van der Waals surface area contributed by atoms with Gasteiger partial charge in [-0.15, -0.1) is 0 Å². The number of hydrogen-bond acceptors (Lipinski definition) is 4. The summed E-state index contributed by atoms with van der Waals surface area (Å²) >= 11 is 17.1. The van der Waals surface area contributed by atoms with E-state index >= 15 is 0 Å². The molecule has 0 aliphatic carbocycles. The van der Waals surface area contributed by atoms with Crippen molar-refractivity contribution in [3.63, 3.8) is 0 Å². The number of nitrogens with zero attached hydrogens (tertiary/aromatic N) is 2. The van der Waals surface area contributed by atoms with Crippen molar-refractivity contribution >= 4 is 53.1 Å². The van der Waals surface area contributed by atoms with Gasteiger partial charge >= 0.3 is 11.3 Å². The number of anilines is 1. The average Bonchev–Trinajstić information content (AvgIpc) is 3.09. The number of alkyl halides is 3. The van der Waals surface area contributed by atoms with Crippen LogP contribution in [0.25, 0.3) is 11.4 Å². The highest BCUT2D eigenvalue weighted by Gasteiger charge is 2.35. The Kier molecular flexibility index (Phi) is 5.50. The van der Waals surface area contributed by atoms with Crippen LogP contribution in [0.4, 0.5) is 14.5 Å². The van der Waals surface area contributed by atoms with Gasteiger partial charge in [-0.05, 0) is 35.9 Å². The first-order chi connectivity index (χ1) is 12.6. The van der Waals surface area contributed by atoms with Gasteiger partial charge in [0.15, 0.2) is 7.29 Å². The molecule has 1 aromatic heterocycles. The minimum Gasteiger partial charge on any atom is -0.331 e. The highest BCUT2D eigenvalue weighted by atomic mass is 35.5. The van der Waals surface area contributed by atoms with E-state index in [-0.39, 0.29) is 5.82 Å². The lowest BCUT2D eigenvalue weighted by atomic mass is 10.2. The Morgan fingerprint density at radius 3 is 2.22 bits per heavy atom. The summed E-state index contributed by atoms with van der Waals surface area (Å²) < 4.78 is 43.5. The molecule has 0 fully saturated rings. The lowest BCUT2D eigenvalue weighted by Crippen LogP contribution is -2.11. The standard InChI is InChI=1S/C16H11Cl3F2N3O2P/c1-27(25,24-13-11(17)3-2-4-12(13)18)10-7-5-9(6-8-10)14-22-15(26-23-14)16(19,20)21/h2-8H,1H3,(H,24,25). The van der Waals surface area contributed by atoms with E-state index in [9.17, 15) is 13.3 Å². The van der Waals surface area contributed by atoms with Gasteiger partial charge in [-0.1, -0.05) is 46.6 Å². The number of hydrogen-bond donors (Lipinski definition) is 1. The van der Waals surface area contributed by atoms with Crippen molar-refractivity contribution in [1.82, 2.24) is 10.1 Å². The SMILES string of the molecule is CP(=O)(Nc1c(Cl)cccc1Cl)c1ccc(-c2noc(C(F)(F)Cl)n2)cc1. The second-order valence-electron chi connectivity index (χ2n) is 5.60. The summed E-state index contributed by atoms with van der Waals surface area (Å²) in [5.41, 5.74) is 0.758. The normalized spacial score (nSPS) is 14.0. The van der Waals surface area contributed by atoms with E-state index in [0.717, 1.165) is 0 Å². The van der Waals surface area contributed by atoms with Crippen LogP contribution in [0.2, 0.25) is 10.0 Å². The lowest BCUT2D eigenvalue weighted by Gasteiger charge is -2.18. The summed E-state index contributed by atoms with van der Waals surface area (Å²) in [5.74, 6) is -1.07. The van der Waals surface area contributed by atoms with Gasteiger partial charge < -0.3 is 9.61 Å². The van der Waals surface area contributed by atoms with Gasteiger partial charge in [-0.25, -0.2) is 0 Å². The molecule has 1 heterocycles. The van der Waals surface area contributed by atoms with E-state index in [4.69, 9.17) is 34.8 Å². The van der Waals surface area contributed by atoms with E-state index < -0.39 is 18.6 Å². The molecule has 3 aromatic rings. The zero-order valence-electron chi connectivity index (χ0n) is 13.6. The molecule has 0 bridgehead atoms. The Morgan fingerprint density at radius 2 is 1.70 bits per heavy atom. The Balaban J connectivity index is 1.86. The molecule has 1 atom stereocenters. The maximum Gasteiger partial charge on any atom is 0.400 e. The van der Waals surface area contributed by atoms with Crippen molar-refractivity contribution in [3.8, 4) is 11.4 Å². The van der Waals surface area contributed by atoms with Gasteiger partial charge in [-0.3, -0.25) is 4.57 Å². The first-order valence-electron chi connectivity index (χ1n) is 7.39. The van der Waals surface area contributed by atoms with Crippen molar-refractivity contribution in [3.05, 3.63) is 58.4 Å². The first kappa shape index (κ1) is 20.1. The number of halogens is 5. The fourth-order valence-corrected chi connectivity index (χ4v) is 4.45. The average molecular weight is 453 g/mol. The van der Waals surface area contributed by atoms with Crippen LogP contribution in [0.1, 0.15) is 5.89 Å². The Bertz CT molecular complexity index is 1000. The molecule has 0 spiro atoms. The van der Waals surface area contributed by atoms with E-state index in [1.807, 2.05) is 0 Å². The summed E-state index contributed by atoms with van der Waals surface area (Å²) in [6.45, 7) is 1.52. The highest BCUT2D eigenvalue weighted by molar-refractivity contribution is 7.72.